The number of esters is 1. The molecular weight excluding hydrogens is 430 g/mol. The van der Waals surface area contributed by atoms with Crippen molar-refractivity contribution < 1.29 is 14.3 Å². The van der Waals surface area contributed by atoms with Crippen LogP contribution in [0, 0.1) is 6.92 Å². The van der Waals surface area contributed by atoms with Crippen LogP contribution in [0.15, 0.2) is 88.0 Å². The van der Waals surface area contributed by atoms with Crippen LogP contribution in [0.4, 0.5) is 0 Å². The maximum Gasteiger partial charge on any atom is 0.363 e. The van der Waals surface area contributed by atoms with Gasteiger partial charge in [0.05, 0.1) is 4.47 Å². The van der Waals surface area contributed by atoms with E-state index in [1.54, 1.807) is 6.08 Å². The number of aliphatic imine (C=N–C) groups is 1. The van der Waals surface area contributed by atoms with Crippen LogP contribution in [-0.2, 0) is 16.1 Å². The van der Waals surface area contributed by atoms with E-state index in [0.29, 0.717) is 12.5 Å². The van der Waals surface area contributed by atoms with Gasteiger partial charge in [-0.3, -0.25) is 0 Å². The van der Waals surface area contributed by atoms with E-state index in [1.165, 1.54) is 0 Å². The van der Waals surface area contributed by atoms with Crippen molar-refractivity contribution >= 4 is 33.9 Å². The number of cyclic esters (lactones) is 1. The minimum Gasteiger partial charge on any atom is -0.488 e. The average molecular weight is 448 g/mol. The summed E-state index contributed by atoms with van der Waals surface area (Å²) in [6.45, 7) is 2.49. The first-order valence-corrected chi connectivity index (χ1v) is 9.94. The molecule has 0 amide bonds. The van der Waals surface area contributed by atoms with Gasteiger partial charge in [0.15, 0.2) is 5.70 Å². The fraction of sp³-hybridized carbons (Fsp3) is 0.0833. The maximum atomic E-state index is 12.2. The summed E-state index contributed by atoms with van der Waals surface area (Å²) in [5.74, 6) is 0.595. The highest BCUT2D eigenvalue weighted by atomic mass is 79.9. The molecular formula is C24H18BrNO3. The van der Waals surface area contributed by atoms with E-state index in [2.05, 4.69) is 20.9 Å². The molecule has 0 aliphatic carbocycles. The Morgan fingerprint density at radius 2 is 1.79 bits per heavy atom. The van der Waals surface area contributed by atoms with Gasteiger partial charge in [0.2, 0.25) is 5.90 Å². The molecule has 5 heteroatoms. The molecule has 144 valence electrons. The summed E-state index contributed by atoms with van der Waals surface area (Å²) in [6, 6.07) is 23.3. The third-order valence-corrected chi connectivity index (χ3v) is 5.04. The van der Waals surface area contributed by atoms with E-state index in [9.17, 15) is 4.79 Å². The van der Waals surface area contributed by atoms with Crippen molar-refractivity contribution in [1.82, 2.24) is 0 Å². The summed E-state index contributed by atoms with van der Waals surface area (Å²) >= 11 is 3.53. The monoisotopic (exact) mass is 447 g/mol. The Labute approximate surface area is 177 Å². The summed E-state index contributed by atoms with van der Waals surface area (Å²) < 4.78 is 12.0. The van der Waals surface area contributed by atoms with E-state index >= 15 is 0 Å². The second-order valence-corrected chi connectivity index (χ2v) is 7.52. The molecule has 0 saturated carbocycles. The lowest BCUT2D eigenvalue weighted by Crippen LogP contribution is -2.05. The fourth-order valence-corrected chi connectivity index (χ4v) is 3.36. The predicted molar refractivity (Wildman–Crippen MR) is 117 cm³/mol. The van der Waals surface area contributed by atoms with Crippen LogP contribution in [0.2, 0.25) is 0 Å². The van der Waals surface area contributed by atoms with Crippen LogP contribution in [-0.4, -0.2) is 11.9 Å². The minimum atomic E-state index is -0.457. The SMILES string of the molecule is Cc1ccc(C2=NC(=Cc3ccc(OCc4ccccc4)c(Br)c3)C(=O)O2)cc1. The highest BCUT2D eigenvalue weighted by molar-refractivity contribution is 9.10. The van der Waals surface area contributed by atoms with Gasteiger partial charge in [-0.25, -0.2) is 9.79 Å². The molecule has 0 bridgehead atoms. The normalized spacial score (nSPS) is 14.6. The molecule has 1 aliphatic heterocycles. The van der Waals surface area contributed by atoms with Crippen LogP contribution < -0.4 is 4.74 Å². The quantitative estimate of drug-likeness (QED) is 0.373. The highest BCUT2D eigenvalue weighted by Gasteiger charge is 2.24. The molecule has 0 unspecified atom stereocenters. The van der Waals surface area contributed by atoms with Gasteiger partial charge >= 0.3 is 5.97 Å². The molecule has 1 heterocycles. The number of rotatable bonds is 5. The fourth-order valence-electron chi connectivity index (χ4n) is 2.85. The van der Waals surface area contributed by atoms with Crippen LogP contribution >= 0.6 is 15.9 Å². The van der Waals surface area contributed by atoms with Crippen molar-refractivity contribution in [2.24, 2.45) is 4.99 Å². The van der Waals surface area contributed by atoms with Crippen LogP contribution in [0.3, 0.4) is 0 Å². The summed E-state index contributed by atoms with van der Waals surface area (Å²) in [5, 5.41) is 0. The van der Waals surface area contributed by atoms with E-state index in [4.69, 9.17) is 9.47 Å². The van der Waals surface area contributed by atoms with Crippen molar-refractivity contribution in [2.45, 2.75) is 13.5 Å². The lowest BCUT2D eigenvalue weighted by molar-refractivity contribution is -0.129. The standard InChI is InChI=1S/C24H18BrNO3/c1-16-7-10-19(11-8-16)23-26-21(24(27)29-23)14-18-9-12-22(20(25)13-18)28-15-17-5-3-2-4-6-17/h2-14H,15H2,1H3. The van der Waals surface area contributed by atoms with Crippen molar-refractivity contribution in [3.63, 3.8) is 0 Å². The number of aryl methyl sites for hydroxylation is 1. The van der Waals surface area contributed by atoms with Gasteiger partial charge in [-0.05, 0) is 64.3 Å². The van der Waals surface area contributed by atoms with E-state index in [1.807, 2.05) is 79.7 Å². The molecule has 1 aliphatic rings. The van der Waals surface area contributed by atoms with E-state index < -0.39 is 5.97 Å². The molecule has 3 aromatic carbocycles. The minimum absolute atomic E-state index is 0.269. The lowest BCUT2D eigenvalue weighted by atomic mass is 10.1. The molecule has 4 nitrogen and oxygen atoms in total. The van der Waals surface area contributed by atoms with E-state index in [0.717, 1.165) is 32.5 Å². The van der Waals surface area contributed by atoms with Gasteiger partial charge in [0.25, 0.3) is 0 Å². The summed E-state index contributed by atoms with van der Waals surface area (Å²) in [7, 11) is 0. The molecule has 0 saturated heterocycles. The molecule has 4 rings (SSSR count). The number of hydrogen-bond acceptors (Lipinski definition) is 4. The zero-order valence-corrected chi connectivity index (χ0v) is 17.3. The Balaban J connectivity index is 1.51. The second-order valence-electron chi connectivity index (χ2n) is 6.67. The first-order valence-electron chi connectivity index (χ1n) is 9.14. The second kappa shape index (κ2) is 8.45. The van der Waals surface area contributed by atoms with Gasteiger partial charge in [-0.15, -0.1) is 0 Å². The van der Waals surface area contributed by atoms with Crippen molar-refractivity contribution in [3.8, 4) is 5.75 Å². The summed E-state index contributed by atoms with van der Waals surface area (Å²) in [4.78, 5) is 16.6. The van der Waals surface area contributed by atoms with Crippen LogP contribution in [0.25, 0.3) is 6.08 Å². The van der Waals surface area contributed by atoms with Gasteiger partial charge in [-0.1, -0.05) is 54.1 Å². The van der Waals surface area contributed by atoms with Crippen molar-refractivity contribution in [1.29, 1.82) is 0 Å². The smallest absolute Gasteiger partial charge is 0.363 e. The Morgan fingerprint density at radius 1 is 1.03 bits per heavy atom. The van der Waals surface area contributed by atoms with Gasteiger partial charge in [0.1, 0.15) is 12.4 Å². The Morgan fingerprint density at radius 3 is 2.52 bits per heavy atom. The van der Waals surface area contributed by atoms with Gasteiger partial charge in [0, 0.05) is 5.56 Å². The predicted octanol–water partition coefficient (Wildman–Crippen LogP) is 5.68. The number of hydrogen-bond donors (Lipinski definition) is 0. The Kier molecular flexibility index (Phi) is 5.58. The number of ether oxygens (including phenoxy) is 2. The molecule has 0 spiro atoms. The molecule has 3 aromatic rings. The first kappa shape index (κ1) is 19.2. The van der Waals surface area contributed by atoms with Crippen LogP contribution in [0.5, 0.6) is 5.75 Å². The highest BCUT2D eigenvalue weighted by Crippen LogP contribution is 2.28. The average Bonchev–Trinajstić information content (AvgIpc) is 3.09. The number of nitrogens with zero attached hydrogens (tertiary/aromatic N) is 1. The van der Waals surface area contributed by atoms with Crippen molar-refractivity contribution in [3.05, 3.63) is 105 Å². The molecule has 0 N–H and O–H groups in total. The van der Waals surface area contributed by atoms with Gasteiger partial charge < -0.3 is 9.47 Å². The lowest BCUT2D eigenvalue weighted by Gasteiger charge is -2.09. The number of benzene rings is 3. The van der Waals surface area contributed by atoms with E-state index in [-0.39, 0.29) is 5.70 Å². The third-order valence-electron chi connectivity index (χ3n) is 4.42. The Bertz CT molecular complexity index is 1100. The topological polar surface area (TPSA) is 47.9 Å². The number of halogens is 1. The maximum absolute atomic E-state index is 12.2. The van der Waals surface area contributed by atoms with Gasteiger partial charge in [-0.2, -0.15) is 0 Å². The number of carbonyl (C=O) groups excluding carboxylic acids is 1. The molecule has 0 aromatic heterocycles. The summed E-state index contributed by atoms with van der Waals surface area (Å²) in [5.41, 5.74) is 4.10. The number of carbonyl (C=O) groups is 1. The van der Waals surface area contributed by atoms with Crippen LogP contribution in [0.1, 0.15) is 22.3 Å². The molecule has 0 atom stereocenters. The zero-order chi connectivity index (χ0) is 20.2. The van der Waals surface area contributed by atoms with Crippen molar-refractivity contribution in [2.75, 3.05) is 0 Å². The summed E-state index contributed by atoms with van der Waals surface area (Å²) in [6.07, 6.45) is 1.70. The molecule has 0 fully saturated rings. The largest absolute Gasteiger partial charge is 0.488 e. The molecule has 0 radical (unpaired) electrons. The Hall–Kier alpha value is -3.18. The molecule has 29 heavy (non-hydrogen) atoms. The third kappa shape index (κ3) is 4.63. The zero-order valence-electron chi connectivity index (χ0n) is 15.8. The first-order chi connectivity index (χ1) is 14.1.